The van der Waals surface area contributed by atoms with Crippen LogP contribution in [0.1, 0.15) is 32.0 Å². The molecule has 0 fully saturated rings. The number of para-hydroxylation sites is 1. The zero-order valence-corrected chi connectivity index (χ0v) is 20.4. The van der Waals surface area contributed by atoms with Gasteiger partial charge in [0.05, 0.1) is 27.9 Å². The summed E-state index contributed by atoms with van der Waals surface area (Å²) in [6.45, 7) is 2.00. The Morgan fingerprint density at radius 3 is 2.43 bits per heavy atom. The number of amides is 2. The van der Waals surface area contributed by atoms with Crippen molar-refractivity contribution in [2.45, 2.75) is 13.5 Å². The maximum Gasteiger partial charge on any atom is 0.259 e. The number of carbonyl (C=O) groups is 2. The number of nitrogens with one attached hydrogen (secondary N) is 2. The summed E-state index contributed by atoms with van der Waals surface area (Å²) < 4.78 is 5.35. The van der Waals surface area contributed by atoms with E-state index in [1.807, 2.05) is 18.2 Å². The van der Waals surface area contributed by atoms with Crippen LogP contribution in [0.15, 0.2) is 83.4 Å². The lowest BCUT2D eigenvalue weighted by Gasteiger charge is -2.10. The highest BCUT2D eigenvalue weighted by molar-refractivity contribution is 6.33. The van der Waals surface area contributed by atoms with E-state index >= 15 is 0 Å². The van der Waals surface area contributed by atoms with Crippen molar-refractivity contribution in [3.05, 3.63) is 106 Å². The molecule has 0 radical (unpaired) electrons. The van der Waals surface area contributed by atoms with Gasteiger partial charge in [-0.25, -0.2) is 4.98 Å². The lowest BCUT2D eigenvalue weighted by atomic mass is 10.0. The van der Waals surface area contributed by atoms with E-state index in [0.29, 0.717) is 38.6 Å². The molecule has 5 aromatic rings. The summed E-state index contributed by atoms with van der Waals surface area (Å²) in [5, 5.41) is 20.5. The summed E-state index contributed by atoms with van der Waals surface area (Å²) in [5.74, 6) is -0.825. The number of anilines is 1. The number of benzene rings is 3. The topological polar surface area (TPSA) is 117 Å². The fourth-order valence-corrected chi connectivity index (χ4v) is 4.16. The second-order valence-corrected chi connectivity index (χ2v) is 8.74. The van der Waals surface area contributed by atoms with E-state index in [1.165, 1.54) is 6.07 Å². The minimum absolute atomic E-state index is 0.0923. The van der Waals surface area contributed by atoms with Crippen LogP contribution >= 0.6 is 11.6 Å². The molecule has 2 amide bonds. The highest BCUT2D eigenvalue weighted by Crippen LogP contribution is 2.31. The molecule has 0 atom stereocenters. The first-order chi connectivity index (χ1) is 17.9. The first-order valence-electron chi connectivity index (χ1n) is 11.4. The predicted molar refractivity (Wildman–Crippen MR) is 141 cm³/mol. The van der Waals surface area contributed by atoms with Crippen LogP contribution in [0.25, 0.3) is 22.4 Å². The summed E-state index contributed by atoms with van der Waals surface area (Å²) in [4.78, 5) is 30.1. The van der Waals surface area contributed by atoms with Gasteiger partial charge in [0.25, 0.3) is 17.5 Å². The summed E-state index contributed by atoms with van der Waals surface area (Å²) in [6.07, 6.45) is 0. The predicted octanol–water partition coefficient (Wildman–Crippen LogP) is 5.74. The normalized spacial score (nSPS) is 10.9. The third-order valence-electron chi connectivity index (χ3n) is 5.83. The van der Waals surface area contributed by atoms with Crippen molar-refractivity contribution < 1.29 is 19.2 Å². The highest BCUT2D eigenvalue weighted by atomic mass is 35.5. The van der Waals surface area contributed by atoms with E-state index in [0.717, 1.165) is 5.56 Å². The van der Waals surface area contributed by atoms with Gasteiger partial charge in [-0.15, -0.1) is 0 Å². The van der Waals surface area contributed by atoms with Crippen LogP contribution in [0.2, 0.25) is 5.02 Å². The van der Waals surface area contributed by atoms with Gasteiger partial charge in [-0.3, -0.25) is 9.59 Å². The van der Waals surface area contributed by atoms with E-state index in [-0.39, 0.29) is 29.5 Å². The van der Waals surface area contributed by atoms with Crippen molar-refractivity contribution in [1.82, 2.24) is 15.5 Å². The van der Waals surface area contributed by atoms with E-state index in [1.54, 1.807) is 61.5 Å². The molecule has 2 heterocycles. The molecule has 9 heteroatoms. The molecule has 0 bridgehead atoms. The van der Waals surface area contributed by atoms with Crippen molar-refractivity contribution in [2.24, 2.45) is 0 Å². The Bertz CT molecular complexity index is 1630. The van der Waals surface area contributed by atoms with Gasteiger partial charge in [0, 0.05) is 22.8 Å². The van der Waals surface area contributed by atoms with E-state index in [2.05, 4.69) is 20.8 Å². The molecule has 37 heavy (non-hydrogen) atoms. The van der Waals surface area contributed by atoms with E-state index in [4.69, 9.17) is 16.1 Å². The second-order valence-electron chi connectivity index (χ2n) is 8.33. The van der Waals surface area contributed by atoms with Crippen LogP contribution in [-0.2, 0) is 6.54 Å². The number of aryl methyl sites for hydroxylation is 1. The summed E-state index contributed by atoms with van der Waals surface area (Å²) >= 11 is 6.35. The molecule has 0 saturated carbocycles. The number of fused-ring (bicyclic) bond motifs is 1. The van der Waals surface area contributed by atoms with Crippen LogP contribution in [-0.4, -0.2) is 27.1 Å². The maximum atomic E-state index is 13.2. The van der Waals surface area contributed by atoms with Gasteiger partial charge in [-0.05, 0) is 48.9 Å². The Hall–Kier alpha value is -4.69. The number of hydrogen-bond donors (Lipinski definition) is 3. The number of aromatic nitrogens is 2. The minimum atomic E-state index is -0.417. The van der Waals surface area contributed by atoms with Gasteiger partial charge in [0.2, 0.25) is 0 Å². The van der Waals surface area contributed by atoms with Gasteiger partial charge in [0.15, 0.2) is 0 Å². The molecule has 0 saturated heterocycles. The molecule has 0 unspecified atom stereocenters. The smallest absolute Gasteiger partial charge is 0.259 e. The molecule has 3 N–H and O–H groups in total. The van der Waals surface area contributed by atoms with Crippen molar-refractivity contribution in [3.8, 4) is 17.0 Å². The number of pyridine rings is 1. The molecule has 184 valence electrons. The Morgan fingerprint density at radius 1 is 0.946 bits per heavy atom. The van der Waals surface area contributed by atoms with E-state index < -0.39 is 5.91 Å². The molecular formula is C28H21ClN4O4. The Labute approximate surface area is 216 Å². The monoisotopic (exact) mass is 512 g/mol. The van der Waals surface area contributed by atoms with Crippen molar-refractivity contribution >= 4 is 40.2 Å². The third kappa shape index (κ3) is 5.00. The first-order valence-corrected chi connectivity index (χ1v) is 11.8. The summed E-state index contributed by atoms with van der Waals surface area (Å²) in [7, 11) is 0. The number of rotatable bonds is 6. The molecule has 5 rings (SSSR count). The molecule has 0 aliphatic heterocycles. The minimum Gasteiger partial charge on any atom is -0.507 e. The number of phenols is 1. The maximum absolute atomic E-state index is 13.2. The Balaban J connectivity index is 1.32. The standard InChI is InChI=1S/C28H21ClN4O4/c1-16-25-21(14-23(32-28(25)37-33-16)19-6-2-4-8-22(19)29)26(35)30-15-17-10-12-18(13-11-17)31-27(36)20-7-3-5-9-24(20)34/h2-14,34H,15H2,1H3,(H,30,35)(H,31,36). The van der Waals surface area contributed by atoms with Crippen molar-refractivity contribution in [3.63, 3.8) is 0 Å². The second kappa shape index (κ2) is 10.1. The SMILES string of the molecule is Cc1noc2nc(-c3ccccc3Cl)cc(C(=O)NCc3ccc(NC(=O)c4ccccc4O)cc3)c12. The average Bonchev–Trinajstić information content (AvgIpc) is 3.28. The third-order valence-corrected chi connectivity index (χ3v) is 6.15. The lowest BCUT2D eigenvalue weighted by molar-refractivity contribution is 0.0951. The van der Waals surface area contributed by atoms with E-state index in [9.17, 15) is 14.7 Å². The van der Waals surface area contributed by atoms with Gasteiger partial charge < -0.3 is 20.3 Å². The fraction of sp³-hybridized carbons (Fsp3) is 0.0714. The molecule has 2 aromatic heterocycles. The summed E-state index contributed by atoms with van der Waals surface area (Å²) in [6, 6.07) is 22.3. The van der Waals surface area contributed by atoms with Gasteiger partial charge in [0.1, 0.15) is 5.75 Å². The van der Waals surface area contributed by atoms with Crippen LogP contribution in [0.4, 0.5) is 5.69 Å². The quantitative estimate of drug-likeness (QED) is 0.267. The van der Waals surface area contributed by atoms with Gasteiger partial charge in [-0.1, -0.05) is 59.2 Å². The number of carbonyl (C=O) groups excluding carboxylic acids is 2. The molecule has 3 aromatic carbocycles. The summed E-state index contributed by atoms with van der Waals surface area (Å²) in [5.41, 5.74) is 3.94. The van der Waals surface area contributed by atoms with Crippen LogP contribution < -0.4 is 10.6 Å². The average molecular weight is 513 g/mol. The number of nitrogens with zero attached hydrogens (tertiary/aromatic N) is 2. The number of hydrogen-bond acceptors (Lipinski definition) is 6. The van der Waals surface area contributed by atoms with Crippen molar-refractivity contribution in [2.75, 3.05) is 5.32 Å². The molecule has 8 nitrogen and oxygen atoms in total. The lowest BCUT2D eigenvalue weighted by Crippen LogP contribution is -2.23. The zero-order valence-electron chi connectivity index (χ0n) is 19.7. The first kappa shape index (κ1) is 24.0. The molecule has 0 aliphatic rings. The Kier molecular flexibility index (Phi) is 6.57. The molecule has 0 spiro atoms. The fourth-order valence-electron chi connectivity index (χ4n) is 3.93. The van der Waals surface area contributed by atoms with Gasteiger partial charge in [-0.2, -0.15) is 0 Å². The Morgan fingerprint density at radius 2 is 1.68 bits per heavy atom. The number of halogens is 1. The number of aromatic hydroxyl groups is 1. The zero-order chi connectivity index (χ0) is 25.9. The van der Waals surface area contributed by atoms with Crippen LogP contribution in [0.3, 0.4) is 0 Å². The highest BCUT2D eigenvalue weighted by Gasteiger charge is 2.20. The van der Waals surface area contributed by atoms with Crippen molar-refractivity contribution in [1.29, 1.82) is 0 Å². The molecular weight excluding hydrogens is 492 g/mol. The van der Waals surface area contributed by atoms with Crippen LogP contribution in [0, 0.1) is 6.92 Å². The molecule has 0 aliphatic carbocycles. The van der Waals surface area contributed by atoms with Crippen LogP contribution in [0.5, 0.6) is 5.75 Å². The number of phenolic OH excluding ortho intramolecular Hbond substituents is 1. The largest absolute Gasteiger partial charge is 0.507 e. The van der Waals surface area contributed by atoms with Gasteiger partial charge >= 0.3 is 0 Å².